The molecule has 3 rings (SSSR count). The number of ketones is 1. The van der Waals surface area contributed by atoms with Crippen LogP contribution in [0.4, 0.5) is 0 Å². The van der Waals surface area contributed by atoms with Crippen LogP contribution >= 0.6 is 0 Å². The van der Waals surface area contributed by atoms with Crippen molar-refractivity contribution in [1.82, 2.24) is 4.31 Å². The Labute approximate surface area is 176 Å². The van der Waals surface area contributed by atoms with Crippen LogP contribution in [0.3, 0.4) is 0 Å². The fourth-order valence-electron chi connectivity index (χ4n) is 3.30. The predicted octanol–water partition coefficient (Wildman–Crippen LogP) is 3.16. The van der Waals surface area contributed by atoms with Crippen molar-refractivity contribution in [3.63, 3.8) is 0 Å². The Morgan fingerprint density at radius 2 is 1.67 bits per heavy atom. The molecule has 0 spiro atoms. The van der Waals surface area contributed by atoms with Crippen molar-refractivity contribution in [2.75, 3.05) is 26.8 Å². The molecule has 7 nitrogen and oxygen atoms in total. The fraction of sp³-hybridized carbons (Fsp3) is 0.364. The van der Waals surface area contributed by atoms with Gasteiger partial charge in [0.1, 0.15) is 5.75 Å². The van der Waals surface area contributed by atoms with E-state index in [1.54, 1.807) is 24.3 Å². The molecule has 2 aromatic carbocycles. The van der Waals surface area contributed by atoms with Gasteiger partial charge in [-0.3, -0.25) is 4.79 Å². The molecule has 0 aromatic heterocycles. The van der Waals surface area contributed by atoms with Gasteiger partial charge in [-0.05, 0) is 55.2 Å². The maximum absolute atomic E-state index is 12.8. The maximum Gasteiger partial charge on any atom is 0.338 e. The lowest BCUT2D eigenvalue weighted by Crippen LogP contribution is -2.37. The first-order valence-electron chi connectivity index (χ1n) is 9.76. The van der Waals surface area contributed by atoms with Gasteiger partial charge in [0.15, 0.2) is 6.61 Å². The molecule has 1 heterocycles. The van der Waals surface area contributed by atoms with E-state index in [1.807, 2.05) is 0 Å². The number of nitrogens with zero attached hydrogens (tertiary/aromatic N) is 1. The Morgan fingerprint density at radius 3 is 2.30 bits per heavy atom. The molecule has 0 saturated carbocycles. The minimum Gasteiger partial charge on any atom is -0.496 e. The van der Waals surface area contributed by atoms with Crippen LogP contribution in [0.2, 0.25) is 0 Å². The van der Waals surface area contributed by atoms with Crippen molar-refractivity contribution in [3.05, 3.63) is 59.7 Å². The summed E-state index contributed by atoms with van der Waals surface area (Å²) < 4.78 is 37.2. The lowest BCUT2D eigenvalue weighted by atomic mass is 10.0. The van der Waals surface area contributed by atoms with Gasteiger partial charge in [-0.25, -0.2) is 13.2 Å². The van der Waals surface area contributed by atoms with Gasteiger partial charge in [0.2, 0.25) is 15.8 Å². The zero-order valence-electron chi connectivity index (χ0n) is 17.0. The van der Waals surface area contributed by atoms with Crippen LogP contribution in [-0.2, 0) is 14.8 Å². The number of esters is 1. The van der Waals surface area contributed by atoms with Crippen molar-refractivity contribution in [2.45, 2.75) is 24.7 Å². The highest BCUT2D eigenvalue weighted by atomic mass is 32.2. The number of hydrogen-bond acceptors (Lipinski definition) is 6. The Balaban J connectivity index is 1.63. The van der Waals surface area contributed by atoms with E-state index in [4.69, 9.17) is 9.47 Å². The van der Waals surface area contributed by atoms with E-state index in [0.29, 0.717) is 30.3 Å². The maximum atomic E-state index is 12.8. The number of benzene rings is 2. The number of piperidine rings is 1. The Bertz CT molecular complexity index is 1010. The molecular formula is C22H25NO6S. The highest BCUT2D eigenvalue weighted by Crippen LogP contribution is 2.24. The van der Waals surface area contributed by atoms with Gasteiger partial charge >= 0.3 is 5.97 Å². The van der Waals surface area contributed by atoms with Gasteiger partial charge in [0.05, 0.1) is 23.1 Å². The summed E-state index contributed by atoms with van der Waals surface area (Å²) in [6.07, 6.45) is 1.67. The number of ether oxygens (including phenoxy) is 2. The predicted molar refractivity (Wildman–Crippen MR) is 111 cm³/mol. The number of carbonyl (C=O) groups excluding carboxylic acids is 2. The molecule has 0 bridgehead atoms. The van der Waals surface area contributed by atoms with Gasteiger partial charge in [0, 0.05) is 13.1 Å². The second-order valence-electron chi connectivity index (χ2n) is 7.31. The topological polar surface area (TPSA) is 90.0 Å². The Kier molecular flexibility index (Phi) is 6.89. The second kappa shape index (κ2) is 9.40. The first-order valence-corrected chi connectivity index (χ1v) is 11.2. The lowest BCUT2D eigenvalue weighted by Gasteiger charge is -2.29. The summed E-state index contributed by atoms with van der Waals surface area (Å²) in [4.78, 5) is 24.7. The van der Waals surface area contributed by atoms with E-state index < -0.39 is 22.6 Å². The van der Waals surface area contributed by atoms with Crippen molar-refractivity contribution in [2.24, 2.45) is 5.92 Å². The molecule has 1 fully saturated rings. The SMILES string of the molecule is COc1ccccc1C(=O)COC(=O)c1ccc(S(=O)(=O)N2CCC(C)CC2)cc1. The highest BCUT2D eigenvalue weighted by molar-refractivity contribution is 7.89. The van der Waals surface area contributed by atoms with E-state index in [0.717, 1.165) is 12.8 Å². The standard InChI is InChI=1S/C22H25NO6S/c1-16-11-13-23(14-12-16)30(26,27)18-9-7-17(8-10-18)22(25)29-15-20(24)19-5-3-4-6-21(19)28-2/h3-10,16H,11-15H2,1-2H3. The lowest BCUT2D eigenvalue weighted by molar-refractivity contribution is 0.0474. The summed E-state index contributed by atoms with van der Waals surface area (Å²) in [5.41, 5.74) is 0.499. The number of sulfonamides is 1. The molecule has 0 atom stereocenters. The van der Waals surface area contributed by atoms with Crippen LogP contribution in [0.5, 0.6) is 5.75 Å². The van der Waals surface area contributed by atoms with Gasteiger partial charge in [-0.1, -0.05) is 19.1 Å². The average Bonchev–Trinajstić information content (AvgIpc) is 2.77. The van der Waals surface area contributed by atoms with E-state index in [1.165, 1.54) is 35.7 Å². The quantitative estimate of drug-likeness (QED) is 0.494. The Hall–Kier alpha value is -2.71. The highest BCUT2D eigenvalue weighted by Gasteiger charge is 2.28. The molecule has 1 saturated heterocycles. The summed E-state index contributed by atoms with van der Waals surface area (Å²) in [5.74, 6) is -0.166. The minimum absolute atomic E-state index is 0.138. The van der Waals surface area contributed by atoms with Crippen LogP contribution in [0.25, 0.3) is 0 Å². The molecule has 1 aliphatic heterocycles. The number of para-hydroxylation sites is 1. The molecule has 0 unspecified atom stereocenters. The van der Waals surface area contributed by atoms with Crippen molar-refractivity contribution in [3.8, 4) is 5.75 Å². The molecule has 2 aromatic rings. The van der Waals surface area contributed by atoms with Crippen LogP contribution < -0.4 is 4.74 Å². The molecule has 0 radical (unpaired) electrons. The number of Topliss-reactive ketones (excluding diaryl/α,β-unsaturated/α-hetero) is 1. The third-order valence-corrected chi connectivity index (χ3v) is 7.13. The molecule has 160 valence electrons. The molecule has 0 amide bonds. The molecule has 30 heavy (non-hydrogen) atoms. The number of methoxy groups -OCH3 is 1. The molecular weight excluding hydrogens is 406 g/mol. The van der Waals surface area contributed by atoms with E-state index in [2.05, 4.69) is 6.92 Å². The van der Waals surface area contributed by atoms with E-state index in [-0.39, 0.29) is 16.2 Å². The van der Waals surface area contributed by atoms with Crippen molar-refractivity contribution < 1.29 is 27.5 Å². The number of hydrogen-bond donors (Lipinski definition) is 0. The van der Waals surface area contributed by atoms with Crippen molar-refractivity contribution >= 4 is 21.8 Å². The van der Waals surface area contributed by atoms with Gasteiger partial charge in [0.25, 0.3) is 0 Å². The summed E-state index contributed by atoms with van der Waals surface area (Å²) in [6, 6.07) is 12.3. The van der Waals surface area contributed by atoms with Gasteiger partial charge in [-0.2, -0.15) is 4.31 Å². The summed E-state index contributed by atoms with van der Waals surface area (Å²) in [7, 11) is -2.13. The smallest absolute Gasteiger partial charge is 0.338 e. The number of rotatable bonds is 7. The van der Waals surface area contributed by atoms with Gasteiger partial charge in [-0.15, -0.1) is 0 Å². The Morgan fingerprint density at radius 1 is 1.03 bits per heavy atom. The monoisotopic (exact) mass is 431 g/mol. The molecule has 0 aliphatic carbocycles. The normalized spacial score (nSPS) is 15.5. The minimum atomic E-state index is -3.58. The van der Waals surface area contributed by atoms with Crippen LogP contribution in [0, 0.1) is 5.92 Å². The zero-order chi connectivity index (χ0) is 21.7. The van der Waals surface area contributed by atoms with E-state index >= 15 is 0 Å². The molecule has 1 aliphatic rings. The summed E-state index contributed by atoms with van der Waals surface area (Å²) in [5, 5.41) is 0. The molecule has 8 heteroatoms. The van der Waals surface area contributed by atoms with Crippen molar-refractivity contribution in [1.29, 1.82) is 0 Å². The summed E-state index contributed by atoms with van der Waals surface area (Å²) in [6.45, 7) is 2.67. The third-order valence-electron chi connectivity index (χ3n) is 5.21. The van der Waals surface area contributed by atoms with Crippen LogP contribution in [0.1, 0.15) is 40.5 Å². The number of carbonyl (C=O) groups is 2. The molecule has 0 N–H and O–H groups in total. The van der Waals surface area contributed by atoms with E-state index in [9.17, 15) is 18.0 Å². The van der Waals surface area contributed by atoms with Gasteiger partial charge < -0.3 is 9.47 Å². The second-order valence-corrected chi connectivity index (χ2v) is 9.25. The average molecular weight is 432 g/mol. The summed E-state index contributed by atoms with van der Waals surface area (Å²) >= 11 is 0. The largest absolute Gasteiger partial charge is 0.496 e. The first-order chi connectivity index (χ1) is 14.3. The third kappa shape index (κ3) is 4.88. The first kappa shape index (κ1) is 22.0. The van der Waals surface area contributed by atoms with Crippen LogP contribution in [-0.4, -0.2) is 51.3 Å². The zero-order valence-corrected chi connectivity index (χ0v) is 17.9. The van der Waals surface area contributed by atoms with Crippen LogP contribution in [0.15, 0.2) is 53.4 Å². The fourth-order valence-corrected chi connectivity index (χ4v) is 4.77.